The second kappa shape index (κ2) is 11.5. The molecule has 0 saturated carbocycles. The Bertz CT molecular complexity index is 1460. The molecule has 0 radical (unpaired) electrons. The molecule has 38 heavy (non-hydrogen) atoms. The molecule has 3 N–H and O–H groups in total. The van der Waals surface area contributed by atoms with E-state index in [2.05, 4.69) is 4.90 Å². The van der Waals surface area contributed by atoms with Gasteiger partial charge in [0.1, 0.15) is 22.5 Å². The fourth-order valence-corrected chi connectivity index (χ4v) is 5.27. The number of likely N-dealkylation sites (tertiary alicyclic amines) is 1. The van der Waals surface area contributed by atoms with E-state index < -0.39 is 5.43 Å². The number of phenolic OH excluding ortho intramolecular Hbond substituents is 3. The van der Waals surface area contributed by atoms with Gasteiger partial charge in [-0.15, -0.1) is 0 Å². The molecule has 0 amide bonds. The van der Waals surface area contributed by atoms with Crippen molar-refractivity contribution in [1.29, 1.82) is 0 Å². The summed E-state index contributed by atoms with van der Waals surface area (Å²) in [4.78, 5) is 16.4. The van der Waals surface area contributed by atoms with Crippen molar-refractivity contribution in [3.05, 3.63) is 56.3 Å². The first-order valence-corrected chi connectivity index (χ1v) is 13.4. The number of phenols is 3. The topological polar surface area (TPSA) is 103 Å². The van der Waals surface area contributed by atoms with Crippen molar-refractivity contribution in [3.63, 3.8) is 0 Å². The Labute approximate surface area is 223 Å². The van der Waals surface area contributed by atoms with Gasteiger partial charge < -0.3 is 24.5 Å². The van der Waals surface area contributed by atoms with Crippen molar-refractivity contribution in [2.75, 3.05) is 20.2 Å². The van der Waals surface area contributed by atoms with Gasteiger partial charge in [0.05, 0.1) is 18.1 Å². The van der Waals surface area contributed by atoms with E-state index in [0.29, 0.717) is 29.7 Å². The van der Waals surface area contributed by atoms with Gasteiger partial charge in [0, 0.05) is 23.7 Å². The highest BCUT2D eigenvalue weighted by Crippen LogP contribution is 2.43. The Hall–Kier alpha value is -3.45. The minimum absolute atomic E-state index is 0.0449. The lowest BCUT2D eigenvalue weighted by atomic mass is 9.95. The summed E-state index contributed by atoms with van der Waals surface area (Å²) in [6.45, 7) is 9.96. The summed E-state index contributed by atoms with van der Waals surface area (Å²) in [5.74, 6) is -0.260. The number of nitrogens with zero attached hydrogens (tertiary/aromatic N) is 1. The quantitative estimate of drug-likeness (QED) is 0.242. The first-order chi connectivity index (χ1) is 18.1. The molecule has 1 fully saturated rings. The molecule has 2 heterocycles. The largest absolute Gasteiger partial charge is 0.507 e. The van der Waals surface area contributed by atoms with Crippen molar-refractivity contribution < 1.29 is 24.5 Å². The molecule has 2 aromatic carbocycles. The van der Waals surface area contributed by atoms with Gasteiger partial charge in [-0.2, -0.15) is 0 Å². The van der Waals surface area contributed by atoms with Gasteiger partial charge in [0.2, 0.25) is 5.43 Å². The highest BCUT2D eigenvalue weighted by Gasteiger charge is 2.27. The van der Waals surface area contributed by atoms with Crippen LogP contribution in [0.3, 0.4) is 0 Å². The predicted octanol–water partition coefficient (Wildman–Crippen LogP) is 6.47. The van der Waals surface area contributed by atoms with E-state index in [1.165, 1.54) is 26.0 Å². The van der Waals surface area contributed by atoms with Gasteiger partial charge in [0.15, 0.2) is 17.1 Å². The summed E-state index contributed by atoms with van der Waals surface area (Å²) in [7, 11) is 1.45. The van der Waals surface area contributed by atoms with E-state index in [1.54, 1.807) is 0 Å². The summed E-state index contributed by atoms with van der Waals surface area (Å²) in [6, 6.07) is 1.38. The third-order valence-electron chi connectivity index (χ3n) is 7.30. The second-order valence-corrected chi connectivity index (χ2v) is 10.7. The maximum atomic E-state index is 14.2. The number of aromatic hydroxyl groups is 3. The zero-order chi connectivity index (χ0) is 27.6. The van der Waals surface area contributed by atoms with Crippen molar-refractivity contribution in [3.8, 4) is 23.0 Å². The van der Waals surface area contributed by atoms with Crippen LogP contribution in [-0.4, -0.2) is 40.4 Å². The number of hydrogen-bond acceptors (Lipinski definition) is 7. The van der Waals surface area contributed by atoms with E-state index >= 15 is 0 Å². The molecule has 7 nitrogen and oxygen atoms in total. The van der Waals surface area contributed by atoms with E-state index in [9.17, 15) is 20.1 Å². The molecule has 7 heteroatoms. The Kier molecular flexibility index (Phi) is 8.36. The van der Waals surface area contributed by atoms with Crippen molar-refractivity contribution in [2.45, 2.75) is 72.8 Å². The summed E-state index contributed by atoms with van der Waals surface area (Å²) in [5.41, 5.74) is 3.30. The number of benzene rings is 2. The number of rotatable bonds is 7. The average molecular weight is 522 g/mol. The summed E-state index contributed by atoms with van der Waals surface area (Å²) < 4.78 is 11.8. The Balaban J connectivity index is 2.09. The molecule has 0 atom stereocenters. The minimum Gasteiger partial charge on any atom is -0.507 e. The van der Waals surface area contributed by atoms with Gasteiger partial charge in [-0.05, 0) is 66.5 Å². The molecule has 1 aromatic heterocycles. The molecule has 0 bridgehead atoms. The molecular formula is C31H39NO6. The minimum atomic E-state index is -0.412. The highest BCUT2D eigenvalue weighted by atomic mass is 16.5. The van der Waals surface area contributed by atoms with Crippen LogP contribution < -0.4 is 10.2 Å². The number of fused-ring (bicyclic) bond motifs is 2. The average Bonchev–Trinajstić information content (AvgIpc) is 3.13. The molecule has 0 aliphatic carbocycles. The lowest BCUT2D eigenvalue weighted by Crippen LogP contribution is -2.24. The number of allylic oxidation sites excluding steroid dienone is 4. The molecular weight excluding hydrogens is 482 g/mol. The molecule has 0 unspecified atom stereocenters. The molecule has 4 rings (SSSR count). The number of ether oxygens (including phenoxy) is 1. The Morgan fingerprint density at radius 2 is 1.50 bits per heavy atom. The van der Waals surface area contributed by atoms with Gasteiger partial charge in [-0.1, -0.05) is 36.1 Å². The van der Waals surface area contributed by atoms with E-state index in [-0.39, 0.29) is 51.4 Å². The van der Waals surface area contributed by atoms with Crippen molar-refractivity contribution in [2.24, 2.45) is 0 Å². The lowest BCUT2D eigenvalue weighted by Gasteiger charge is -2.23. The highest BCUT2D eigenvalue weighted by molar-refractivity contribution is 5.99. The second-order valence-electron chi connectivity index (χ2n) is 10.7. The molecule has 204 valence electrons. The zero-order valence-corrected chi connectivity index (χ0v) is 23.1. The van der Waals surface area contributed by atoms with Crippen LogP contribution in [0.1, 0.15) is 70.1 Å². The van der Waals surface area contributed by atoms with Gasteiger partial charge >= 0.3 is 0 Å². The smallest absolute Gasteiger partial charge is 0.204 e. The third kappa shape index (κ3) is 5.39. The summed E-state index contributed by atoms with van der Waals surface area (Å²) in [6.07, 6.45) is 8.95. The van der Waals surface area contributed by atoms with Crippen LogP contribution in [0, 0.1) is 0 Å². The molecule has 1 aliphatic rings. The van der Waals surface area contributed by atoms with Crippen LogP contribution in [0.4, 0.5) is 0 Å². The first-order valence-electron chi connectivity index (χ1n) is 13.4. The van der Waals surface area contributed by atoms with Gasteiger partial charge in [-0.3, -0.25) is 9.69 Å². The first kappa shape index (κ1) is 27.6. The molecule has 1 aliphatic heterocycles. The van der Waals surface area contributed by atoms with Crippen molar-refractivity contribution >= 4 is 21.9 Å². The van der Waals surface area contributed by atoms with Crippen LogP contribution in [-0.2, 0) is 19.4 Å². The van der Waals surface area contributed by atoms with Crippen LogP contribution in [0.5, 0.6) is 23.0 Å². The summed E-state index contributed by atoms with van der Waals surface area (Å²) in [5, 5.41) is 33.8. The molecule has 1 saturated heterocycles. The van der Waals surface area contributed by atoms with Crippen LogP contribution in [0.2, 0.25) is 0 Å². The standard InChI is InChI=1S/C31H39NO6/c1-18(2)10-12-20-25-24(16-23(33)30(20)37-5)38-31-22(17-32-14-8-6-7-9-15-32)27(34)21(13-11-19(3)4)28(35)26(31)29(25)36/h10-11,16,33-35H,6-9,12-15,17H2,1-5H3. The Morgan fingerprint density at radius 1 is 0.895 bits per heavy atom. The van der Waals surface area contributed by atoms with E-state index in [0.717, 1.165) is 37.1 Å². The van der Waals surface area contributed by atoms with Crippen molar-refractivity contribution in [1.82, 2.24) is 4.90 Å². The lowest BCUT2D eigenvalue weighted by molar-refractivity contribution is 0.272. The van der Waals surface area contributed by atoms with Gasteiger partial charge in [0.25, 0.3) is 0 Å². The fourth-order valence-electron chi connectivity index (χ4n) is 5.27. The molecule has 0 spiro atoms. The zero-order valence-electron chi connectivity index (χ0n) is 23.1. The number of hydrogen-bond donors (Lipinski definition) is 3. The molecule has 3 aromatic rings. The maximum Gasteiger partial charge on any atom is 0.204 e. The Morgan fingerprint density at radius 3 is 2.08 bits per heavy atom. The predicted molar refractivity (Wildman–Crippen MR) is 152 cm³/mol. The van der Waals surface area contributed by atoms with Crippen LogP contribution >= 0.6 is 0 Å². The van der Waals surface area contributed by atoms with E-state index in [4.69, 9.17) is 9.15 Å². The maximum absolute atomic E-state index is 14.2. The monoisotopic (exact) mass is 521 g/mol. The summed E-state index contributed by atoms with van der Waals surface area (Å²) >= 11 is 0. The SMILES string of the molecule is COc1c(O)cc2oc3c(CN4CCCCCC4)c(O)c(CC=C(C)C)c(O)c3c(=O)c2c1CC=C(C)C. The normalized spacial score (nSPS) is 14.4. The fraction of sp³-hybridized carbons (Fsp3) is 0.452. The van der Waals surface area contributed by atoms with Crippen LogP contribution in [0.25, 0.3) is 21.9 Å². The number of methoxy groups -OCH3 is 1. The van der Waals surface area contributed by atoms with Crippen LogP contribution in [0.15, 0.2) is 38.6 Å². The third-order valence-corrected chi connectivity index (χ3v) is 7.30. The van der Waals surface area contributed by atoms with E-state index in [1.807, 2.05) is 39.8 Å². The van der Waals surface area contributed by atoms with Gasteiger partial charge in [-0.25, -0.2) is 0 Å².